The lowest BCUT2D eigenvalue weighted by molar-refractivity contribution is 0.0728. The quantitative estimate of drug-likeness (QED) is 0.0781. The van der Waals surface area contributed by atoms with E-state index < -0.39 is 11.9 Å². The number of benzene rings is 4. The Kier molecular flexibility index (Phi) is 8.84. The maximum Gasteiger partial charge on any atom is 0.343 e. The fraction of sp³-hybridized carbons (Fsp3) is 0.121. The molecule has 9 heteroatoms. The van der Waals surface area contributed by atoms with Crippen LogP contribution in [0.2, 0.25) is 5.02 Å². The number of hydrazone groups is 1. The Morgan fingerprint density at radius 3 is 2.40 bits per heavy atom. The van der Waals surface area contributed by atoms with Crippen molar-refractivity contribution in [1.82, 2.24) is 10.4 Å². The van der Waals surface area contributed by atoms with Crippen molar-refractivity contribution in [1.29, 1.82) is 0 Å². The highest BCUT2D eigenvalue weighted by Crippen LogP contribution is 2.38. The maximum atomic E-state index is 13.4. The number of fused-ring (bicyclic) bond motifs is 1. The normalized spacial score (nSPS) is 11.0. The molecule has 5 aromatic rings. The SMILES string of the molecule is CCOc1ccc2[nH]c(C(=O)NN=Cc3ccc(OC(=O)c4ccccc4)c(OCC)c3)c(-c3ccccc3Cl)c2c1. The highest BCUT2D eigenvalue weighted by molar-refractivity contribution is 6.34. The van der Waals surface area contributed by atoms with E-state index in [1.165, 1.54) is 6.21 Å². The summed E-state index contributed by atoms with van der Waals surface area (Å²) in [5.41, 5.74) is 6.06. The Labute approximate surface area is 247 Å². The molecule has 8 nitrogen and oxygen atoms in total. The lowest BCUT2D eigenvalue weighted by atomic mass is 10.0. The Hall–Kier alpha value is -5.08. The number of halogens is 1. The Balaban J connectivity index is 1.39. The average Bonchev–Trinajstić information content (AvgIpc) is 3.38. The van der Waals surface area contributed by atoms with Gasteiger partial charge in [0.05, 0.1) is 25.0 Å². The number of aromatic nitrogens is 1. The molecular weight excluding hydrogens is 554 g/mol. The number of esters is 1. The van der Waals surface area contributed by atoms with Crippen LogP contribution in [0.5, 0.6) is 17.2 Å². The molecular formula is C33H28ClN3O5. The van der Waals surface area contributed by atoms with Crippen LogP contribution in [0.3, 0.4) is 0 Å². The van der Waals surface area contributed by atoms with Gasteiger partial charge in [-0.25, -0.2) is 10.2 Å². The van der Waals surface area contributed by atoms with Crippen molar-refractivity contribution in [2.75, 3.05) is 13.2 Å². The van der Waals surface area contributed by atoms with Crippen LogP contribution >= 0.6 is 11.6 Å². The number of hydrogen-bond acceptors (Lipinski definition) is 6. The minimum Gasteiger partial charge on any atom is -0.494 e. The predicted molar refractivity (Wildman–Crippen MR) is 164 cm³/mol. The summed E-state index contributed by atoms with van der Waals surface area (Å²) >= 11 is 6.55. The van der Waals surface area contributed by atoms with Crippen LogP contribution < -0.4 is 19.6 Å². The number of amides is 1. The summed E-state index contributed by atoms with van der Waals surface area (Å²) in [6.07, 6.45) is 1.48. The van der Waals surface area contributed by atoms with E-state index in [-0.39, 0.29) is 5.75 Å². The van der Waals surface area contributed by atoms with E-state index in [0.717, 1.165) is 10.9 Å². The second kappa shape index (κ2) is 13.1. The third kappa shape index (κ3) is 6.29. The molecule has 0 aliphatic carbocycles. The predicted octanol–water partition coefficient (Wildman–Crippen LogP) is 7.27. The summed E-state index contributed by atoms with van der Waals surface area (Å²) in [4.78, 5) is 29.1. The zero-order chi connectivity index (χ0) is 29.5. The molecule has 1 aromatic heterocycles. The fourth-order valence-electron chi connectivity index (χ4n) is 4.45. The number of rotatable bonds is 10. The van der Waals surface area contributed by atoms with Gasteiger partial charge in [-0.05, 0) is 74.0 Å². The minimum absolute atomic E-state index is 0.278. The summed E-state index contributed by atoms with van der Waals surface area (Å²) in [7, 11) is 0. The van der Waals surface area contributed by atoms with Gasteiger partial charge in [-0.2, -0.15) is 5.10 Å². The molecule has 0 unspecified atom stereocenters. The van der Waals surface area contributed by atoms with Crippen LogP contribution in [-0.2, 0) is 0 Å². The number of hydrogen-bond donors (Lipinski definition) is 2. The number of aromatic amines is 1. The maximum absolute atomic E-state index is 13.4. The first-order valence-corrected chi connectivity index (χ1v) is 13.8. The summed E-state index contributed by atoms with van der Waals surface area (Å²) in [5, 5.41) is 5.47. The standard InChI is InChI=1S/C33H28ClN3O5/c1-3-40-23-15-16-27-25(19-23)30(24-12-8-9-13-26(24)34)31(36-27)32(38)37-35-20-21-14-17-28(29(18-21)41-4-2)42-33(39)22-10-6-5-7-11-22/h5-20,36H,3-4H2,1-2H3,(H,37,38). The highest BCUT2D eigenvalue weighted by Gasteiger charge is 2.21. The van der Waals surface area contributed by atoms with E-state index in [1.807, 2.05) is 56.3 Å². The van der Waals surface area contributed by atoms with Crippen molar-refractivity contribution in [3.8, 4) is 28.4 Å². The average molecular weight is 582 g/mol. The monoisotopic (exact) mass is 581 g/mol. The van der Waals surface area contributed by atoms with E-state index in [1.54, 1.807) is 48.5 Å². The highest BCUT2D eigenvalue weighted by atomic mass is 35.5. The van der Waals surface area contributed by atoms with E-state index >= 15 is 0 Å². The molecule has 0 saturated heterocycles. The Bertz CT molecular complexity index is 1760. The molecule has 212 valence electrons. The molecule has 0 saturated carbocycles. The third-order valence-corrected chi connectivity index (χ3v) is 6.64. The molecule has 0 fully saturated rings. The lowest BCUT2D eigenvalue weighted by Gasteiger charge is -2.11. The van der Waals surface area contributed by atoms with Crippen LogP contribution in [0.1, 0.15) is 40.3 Å². The number of nitrogens with zero attached hydrogens (tertiary/aromatic N) is 1. The van der Waals surface area contributed by atoms with Crippen molar-refractivity contribution in [2.24, 2.45) is 5.10 Å². The van der Waals surface area contributed by atoms with Crippen LogP contribution in [0.25, 0.3) is 22.0 Å². The van der Waals surface area contributed by atoms with Gasteiger partial charge in [0.2, 0.25) is 0 Å². The van der Waals surface area contributed by atoms with Gasteiger partial charge in [0.1, 0.15) is 11.4 Å². The summed E-state index contributed by atoms with van der Waals surface area (Å²) in [6.45, 7) is 4.62. The number of carbonyl (C=O) groups is 2. The molecule has 0 radical (unpaired) electrons. The van der Waals surface area contributed by atoms with Gasteiger partial charge in [0.15, 0.2) is 11.5 Å². The molecule has 0 atom stereocenters. The topological polar surface area (TPSA) is 102 Å². The molecule has 0 aliphatic heterocycles. The Morgan fingerprint density at radius 1 is 0.881 bits per heavy atom. The van der Waals surface area contributed by atoms with Crippen LogP contribution in [0.4, 0.5) is 0 Å². The Morgan fingerprint density at radius 2 is 1.64 bits per heavy atom. The largest absolute Gasteiger partial charge is 0.494 e. The van der Waals surface area contributed by atoms with Gasteiger partial charge in [0, 0.05) is 27.1 Å². The number of ether oxygens (including phenoxy) is 3. The van der Waals surface area contributed by atoms with E-state index in [2.05, 4.69) is 15.5 Å². The van der Waals surface area contributed by atoms with Gasteiger partial charge in [-0.1, -0.05) is 48.0 Å². The van der Waals surface area contributed by atoms with Gasteiger partial charge in [-0.3, -0.25) is 4.79 Å². The number of H-pyrrole nitrogens is 1. The molecule has 0 spiro atoms. The molecule has 4 aromatic carbocycles. The van der Waals surface area contributed by atoms with Gasteiger partial charge in [-0.15, -0.1) is 0 Å². The molecule has 1 heterocycles. The van der Waals surface area contributed by atoms with Crippen LogP contribution in [0.15, 0.2) is 96.1 Å². The van der Waals surface area contributed by atoms with Crippen LogP contribution in [0, 0.1) is 0 Å². The van der Waals surface area contributed by atoms with E-state index in [4.69, 9.17) is 25.8 Å². The first kappa shape index (κ1) is 28.4. The van der Waals surface area contributed by atoms with Gasteiger partial charge < -0.3 is 19.2 Å². The van der Waals surface area contributed by atoms with E-state index in [9.17, 15) is 9.59 Å². The molecule has 1 amide bonds. The second-order valence-corrected chi connectivity index (χ2v) is 9.50. The summed E-state index contributed by atoms with van der Waals surface area (Å²) in [5.74, 6) is 0.393. The van der Waals surface area contributed by atoms with E-state index in [0.29, 0.717) is 57.7 Å². The van der Waals surface area contributed by atoms with Crippen molar-refractivity contribution in [3.05, 3.63) is 113 Å². The smallest absolute Gasteiger partial charge is 0.343 e. The summed E-state index contributed by atoms with van der Waals surface area (Å²) < 4.78 is 16.9. The third-order valence-electron chi connectivity index (χ3n) is 6.31. The zero-order valence-electron chi connectivity index (χ0n) is 23.0. The molecule has 0 aliphatic rings. The van der Waals surface area contributed by atoms with Gasteiger partial charge in [0.25, 0.3) is 5.91 Å². The van der Waals surface area contributed by atoms with Crippen molar-refractivity contribution >= 4 is 40.6 Å². The van der Waals surface area contributed by atoms with Crippen molar-refractivity contribution in [2.45, 2.75) is 13.8 Å². The van der Waals surface area contributed by atoms with Crippen LogP contribution in [-0.4, -0.2) is 36.3 Å². The number of nitrogens with one attached hydrogen (secondary N) is 2. The lowest BCUT2D eigenvalue weighted by Crippen LogP contribution is -2.19. The molecule has 42 heavy (non-hydrogen) atoms. The minimum atomic E-state index is -0.494. The van der Waals surface area contributed by atoms with Crippen molar-refractivity contribution in [3.63, 3.8) is 0 Å². The molecule has 0 bridgehead atoms. The fourth-order valence-corrected chi connectivity index (χ4v) is 4.68. The first-order valence-electron chi connectivity index (χ1n) is 13.4. The molecule has 5 rings (SSSR count). The van der Waals surface area contributed by atoms with Crippen molar-refractivity contribution < 1.29 is 23.8 Å². The zero-order valence-corrected chi connectivity index (χ0v) is 23.8. The summed E-state index contributed by atoms with van der Waals surface area (Å²) in [6, 6.07) is 26.6. The number of carbonyl (C=O) groups excluding carboxylic acids is 2. The molecule has 2 N–H and O–H groups in total. The second-order valence-electron chi connectivity index (χ2n) is 9.09. The van der Waals surface area contributed by atoms with Gasteiger partial charge >= 0.3 is 5.97 Å². The first-order chi connectivity index (χ1) is 20.5.